The summed E-state index contributed by atoms with van der Waals surface area (Å²) in [7, 11) is 0. The summed E-state index contributed by atoms with van der Waals surface area (Å²) in [5.74, 6) is 0.276. The van der Waals surface area contributed by atoms with Crippen LogP contribution in [0.25, 0.3) is 22.2 Å². The van der Waals surface area contributed by atoms with Gasteiger partial charge in [0.2, 0.25) is 5.88 Å². The topological polar surface area (TPSA) is 67.8 Å². The van der Waals surface area contributed by atoms with Crippen molar-refractivity contribution in [2.24, 2.45) is 0 Å². The van der Waals surface area contributed by atoms with Gasteiger partial charge in [0.25, 0.3) is 0 Å². The predicted octanol–water partition coefficient (Wildman–Crippen LogP) is 3.06. The zero-order valence-electron chi connectivity index (χ0n) is 8.20. The molecule has 0 amide bonds. The number of nitrogens with zero attached hydrogens (tertiary/aromatic N) is 1. The smallest absolute Gasteiger partial charge is 0.222 e. The fourth-order valence-electron chi connectivity index (χ4n) is 1.69. The lowest BCUT2D eigenvalue weighted by Crippen LogP contribution is -1.80. The third-order valence-electron chi connectivity index (χ3n) is 2.45. The molecule has 0 saturated heterocycles. The Hall–Kier alpha value is -1.94. The zero-order valence-corrected chi connectivity index (χ0v) is 8.95. The van der Waals surface area contributed by atoms with Gasteiger partial charge in [-0.3, -0.25) is 0 Å². The number of hydrogen-bond acceptors (Lipinski definition) is 3. The Kier molecular flexibility index (Phi) is 1.91. The maximum absolute atomic E-state index is 6.17. The van der Waals surface area contributed by atoms with E-state index >= 15 is 0 Å². The average molecular weight is 234 g/mol. The van der Waals surface area contributed by atoms with Crippen molar-refractivity contribution in [3.8, 4) is 11.3 Å². The number of benzene rings is 1. The van der Waals surface area contributed by atoms with E-state index in [0.717, 1.165) is 16.5 Å². The van der Waals surface area contributed by atoms with Gasteiger partial charge in [0.15, 0.2) is 0 Å². The monoisotopic (exact) mass is 233 g/mol. The van der Waals surface area contributed by atoms with Crippen molar-refractivity contribution < 1.29 is 4.52 Å². The normalized spacial score (nSPS) is 11.1. The van der Waals surface area contributed by atoms with Crippen molar-refractivity contribution in [1.82, 2.24) is 10.1 Å². The van der Waals surface area contributed by atoms with Crippen LogP contribution in [0.3, 0.4) is 0 Å². The maximum Gasteiger partial charge on any atom is 0.222 e. The highest BCUT2D eigenvalue weighted by molar-refractivity contribution is 6.34. The molecule has 0 aliphatic rings. The SMILES string of the molecule is Nc1cc(-c2cc3[nH]ccc3cc2Cl)no1. The van der Waals surface area contributed by atoms with Gasteiger partial charge in [-0.2, -0.15) is 0 Å². The zero-order chi connectivity index (χ0) is 11.1. The first kappa shape index (κ1) is 9.30. The van der Waals surface area contributed by atoms with Crippen LogP contribution in [-0.4, -0.2) is 10.1 Å². The van der Waals surface area contributed by atoms with Crippen molar-refractivity contribution in [3.05, 3.63) is 35.5 Å². The van der Waals surface area contributed by atoms with Crippen molar-refractivity contribution in [2.45, 2.75) is 0 Å². The van der Waals surface area contributed by atoms with E-state index in [4.69, 9.17) is 21.9 Å². The number of nitrogen functional groups attached to an aromatic ring is 1. The van der Waals surface area contributed by atoms with Gasteiger partial charge in [-0.05, 0) is 18.2 Å². The molecule has 4 nitrogen and oxygen atoms in total. The molecule has 3 N–H and O–H groups in total. The first-order chi connectivity index (χ1) is 7.74. The van der Waals surface area contributed by atoms with E-state index in [-0.39, 0.29) is 5.88 Å². The van der Waals surface area contributed by atoms with Crippen LogP contribution in [0.2, 0.25) is 5.02 Å². The van der Waals surface area contributed by atoms with Gasteiger partial charge in [0, 0.05) is 28.7 Å². The van der Waals surface area contributed by atoms with Crippen molar-refractivity contribution in [3.63, 3.8) is 0 Å². The maximum atomic E-state index is 6.17. The fourth-order valence-corrected chi connectivity index (χ4v) is 1.95. The van der Waals surface area contributed by atoms with E-state index in [1.165, 1.54) is 0 Å². The number of aromatic amines is 1. The number of rotatable bonds is 1. The Morgan fingerprint density at radius 1 is 1.31 bits per heavy atom. The summed E-state index contributed by atoms with van der Waals surface area (Å²) in [6.45, 7) is 0. The highest BCUT2D eigenvalue weighted by Gasteiger charge is 2.10. The minimum atomic E-state index is 0.276. The molecule has 0 unspecified atom stereocenters. The fraction of sp³-hybridized carbons (Fsp3) is 0. The van der Waals surface area contributed by atoms with Gasteiger partial charge in [-0.1, -0.05) is 16.8 Å². The number of nitrogens with one attached hydrogen (secondary N) is 1. The summed E-state index contributed by atoms with van der Waals surface area (Å²) in [6.07, 6.45) is 1.86. The van der Waals surface area contributed by atoms with Crippen LogP contribution < -0.4 is 5.73 Å². The lowest BCUT2D eigenvalue weighted by molar-refractivity contribution is 0.439. The molecule has 16 heavy (non-hydrogen) atoms. The second-order valence-corrected chi connectivity index (χ2v) is 3.92. The summed E-state index contributed by atoms with van der Waals surface area (Å²) < 4.78 is 4.83. The number of aromatic nitrogens is 2. The second kappa shape index (κ2) is 3.28. The molecule has 0 atom stereocenters. The molecule has 0 bridgehead atoms. The molecule has 0 saturated carbocycles. The third kappa shape index (κ3) is 1.35. The Morgan fingerprint density at radius 3 is 2.94 bits per heavy atom. The number of hydrogen-bond donors (Lipinski definition) is 2. The van der Waals surface area contributed by atoms with Gasteiger partial charge < -0.3 is 15.2 Å². The van der Waals surface area contributed by atoms with Gasteiger partial charge in [0.05, 0.1) is 5.02 Å². The van der Waals surface area contributed by atoms with E-state index in [1.807, 2.05) is 24.4 Å². The molecule has 2 heterocycles. The van der Waals surface area contributed by atoms with Gasteiger partial charge >= 0.3 is 0 Å². The molecule has 5 heteroatoms. The highest BCUT2D eigenvalue weighted by atomic mass is 35.5. The van der Waals surface area contributed by atoms with Crippen LogP contribution in [0.5, 0.6) is 0 Å². The molecule has 3 rings (SSSR count). The van der Waals surface area contributed by atoms with E-state index in [0.29, 0.717) is 10.7 Å². The Balaban J connectivity index is 2.26. The lowest BCUT2D eigenvalue weighted by atomic mass is 10.1. The summed E-state index contributed by atoms with van der Waals surface area (Å²) >= 11 is 6.17. The van der Waals surface area contributed by atoms with Crippen molar-refractivity contribution in [2.75, 3.05) is 5.73 Å². The van der Waals surface area contributed by atoms with Gasteiger partial charge in [0.1, 0.15) is 5.69 Å². The first-order valence-electron chi connectivity index (χ1n) is 4.73. The number of anilines is 1. The lowest BCUT2D eigenvalue weighted by Gasteiger charge is -2.00. The van der Waals surface area contributed by atoms with Crippen LogP contribution in [0.1, 0.15) is 0 Å². The number of fused-ring (bicyclic) bond motifs is 1. The van der Waals surface area contributed by atoms with E-state index < -0.39 is 0 Å². The van der Waals surface area contributed by atoms with E-state index in [1.54, 1.807) is 6.07 Å². The molecule has 0 aliphatic heterocycles. The molecule has 2 aromatic heterocycles. The average Bonchev–Trinajstić information content (AvgIpc) is 2.84. The molecule has 3 aromatic rings. The molecule has 0 aliphatic carbocycles. The quantitative estimate of drug-likeness (QED) is 0.679. The molecule has 1 aromatic carbocycles. The predicted molar refractivity (Wildman–Crippen MR) is 63.2 cm³/mol. The van der Waals surface area contributed by atoms with E-state index in [2.05, 4.69) is 10.1 Å². The summed E-state index contributed by atoms with van der Waals surface area (Å²) in [4.78, 5) is 3.12. The summed E-state index contributed by atoms with van der Waals surface area (Å²) in [5.41, 5.74) is 7.92. The number of H-pyrrole nitrogens is 1. The van der Waals surface area contributed by atoms with Crippen molar-refractivity contribution in [1.29, 1.82) is 0 Å². The molecular weight excluding hydrogens is 226 g/mol. The number of halogens is 1. The molecule has 0 spiro atoms. The van der Waals surface area contributed by atoms with Crippen LogP contribution in [0, 0.1) is 0 Å². The Bertz CT molecular complexity index is 656. The van der Waals surface area contributed by atoms with Gasteiger partial charge in [-0.25, -0.2) is 0 Å². The molecular formula is C11H8ClN3O. The summed E-state index contributed by atoms with van der Waals surface area (Å²) in [6, 6.07) is 7.42. The third-order valence-corrected chi connectivity index (χ3v) is 2.76. The molecule has 0 radical (unpaired) electrons. The number of nitrogens with two attached hydrogens (primary N) is 1. The first-order valence-corrected chi connectivity index (χ1v) is 5.11. The second-order valence-electron chi connectivity index (χ2n) is 3.51. The Labute approximate surface area is 96.0 Å². The van der Waals surface area contributed by atoms with Crippen LogP contribution in [-0.2, 0) is 0 Å². The van der Waals surface area contributed by atoms with E-state index in [9.17, 15) is 0 Å². The standard InChI is InChI=1S/C11H8ClN3O/c12-8-3-6-1-2-14-9(6)4-7(8)10-5-11(13)16-15-10/h1-5,14H,13H2. The summed E-state index contributed by atoms with van der Waals surface area (Å²) in [5, 5.41) is 5.53. The minimum Gasteiger partial charge on any atom is -0.368 e. The molecule has 0 fully saturated rings. The largest absolute Gasteiger partial charge is 0.368 e. The molecule has 80 valence electrons. The Morgan fingerprint density at radius 2 is 2.19 bits per heavy atom. The minimum absolute atomic E-state index is 0.276. The van der Waals surface area contributed by atoms with Crippen LogP contribution in [0.4, 0.5) is 5.88 Å². The van der Waals surface area contributed by atoms with Crippen LogP contribution in [0.15, 0.2) is 35.0 Å². The van der Waals surface area contributed by atoms with Crippen molar-refractivity contribution >= 4 is 28.4 Å². The van der Waals surface area contributed by atoms with Crippen LogP contribution >= 0.6 is 11.6 Å². The van der Waals surface area contributed by atoms with Gasteiger partial charge in [-0.15, -0.1) is 0 Å². The highest BCUT2D eigenvalue weighted by Crippen LogP contribution is 2.31.